The molecule has 3 rings (SSSR count). The van der Waals surface area contributed by atoms with Crippen molar-refractivity contribution in [3.05, 3.63) is 29.8 Å². The number of hydrogen-bond donors (Lipinski definition) is 2. The van der Waals surface area contributed by atoms with Gasteiger partial charge in [-0.25, -0.2) is 0 Å². The summed E-state index contributed by atoms with van der Waals surface area (Å²) in [5.74, 6) is 0.573. The Morgan fingerprint density at radius 3 is 2.88 bits per heavy atom. The number of phenols is 1. The first-order valence-electron chi connectivity index (χ1n) is 6.28. The van der Waals surface area contributed by atoms with Crippen LogP contribution in [0.4, 0.5) is 0 Å². The van der Waals surface area contributed by atoms with Gasteiger partial charge in [-0.15, -0.1) is 0 Å². The zero-order valence-electron chi connectivity index (χ0n) is 9.76. The van der Waals surface area contributed by atoms with Gasteiger partial charge in [0.05, 0.1) is 0 Å². The molecule has 1 heterocycles. The Kier molecular flexibility index (Phi) is 2.44. The molecule has 2 atom stereocenters. The van der Waals surface area contributed by atoms with Gasteiger partial charge in [-0.3, -0.25) is 4.99 Å². The van der Waals surface area contributed by atoms with Gasteiger partial charge in [-0.05, 0) is 44.2 Å². The maximum atomic E-state index is 10.5. The number of nitrogens with zero attached hydrogens (tertiary/aromatic N) is 1. The zero-order chi connectivity index (χ0) is 11.9. The second-order valence-electron chi connectivity index (χ2n) is 5.08. The molecule has 1 aliphatic heterocycles. The van der Waals surface area contributed by atoms with Crippen LogP contribution < -0.4 is 0 Å². The van der Waals surface area contributed by atoms with Gasteiger partial charge in [0.2, 0.25) is 0 Å². The van der Waals surface area contributed by atoms with Crippen LogP contribution in [0.5, 0.6) is 5.75 Å². The van der Waals surface area contributed by atoms with Gasteiger partial charge >= 0.3 is 0 Å². The third-order valence-corrected chi connectivity index (χ3v) is 4.02. The summed E-state index contributed by atoms with van der Waals surface area (Å²) in [6.45, 7) is 0. The fourth-order valence-corrected chi connectivity index (χ4v) is 3.08. The summed E-state index contributed by atoms with van der Waals surface area (Å²) in [6, 6.07) is 7.23. The van der Waals surface area contributed by atoms with E-state index in [2.05, 4.69) is 4.99 Å². The molecular weight excluding hydrogens is 214 g/mol. The molecule has 1 aromatic rings. The molecule has 90 valence electrons. The van der Waals surface area contributed by atoms with E-state index in [0.717, 1.165) is 43.4 Å². The molecule has 1 aliphatic carbocycles. The molecule has 17 heavy (non-hydrogen) atoms. The summed E-state index contributed by atoms with van der Waals surface area (Å²) in [5, 5.41) is 20.3. The van der Waals surface area contributed by atoms with Crippen molar-refractivity contribution in [2.45, 2.75) is 37.8 Å². The number of para-hydroxylation sites is 1. The van der Waals surface area contributed by atoms with Crippen molar-refractivity contribution in [3.63, 3.8) is 0 Å². The summed E-state index contributed by atoms with van der Waals surface area (Å²) >= 11 is 0. The second kappa shape index (κ2) is 3.84. The average Bonchev–Trinajstić information content (AvgIpc) is 2.70. The molecule has 0 aromatic heterocycles. The molecule has 0 spiro atoms. The number of aliphatic imine (C=N–C) groups is 1. The lowest BCUT2D eigenvalue weighted by Crippen LogP contribution is -2.36. The maximum Gasteiger partial charge on any atom is 0.159 e. The molecule has 0 bridgehead atoms. The average molecular weight is 231 g/mol. The van der Waals surface area contributed by atoms with Crippen LogP contribution in [-0.2, 0) is 0 Å². The maximum absolute atomic E-state index is 10.5. The number of phenolic OH excluding ortho intramolecular Hbond substituents is 1. The topological polar surface area (TPSA) is 52.8 Å². The third kappa shape index (κ3) is 1.75. The highest BCUT2D eigenvalue weighted by Crippen LogP contribution is 2.43. The Morgan fingerprint density at radius 2 is 2.06 bits per heavy atom. The third-order valence-electron chi connectivity index (χ3n) is 4.02. The van der Waals surface area contributed by atoms with E-state index in [1.54, 1.807) is 12.1 Å². The number of benzene rings is 1. The lowest BCUT2D eigenvalue weighted by Gasteiger charge is -2.32. The van der Waals surface area contributed by atoms with Crippen LogP contribution in [0.15, 0.2) is 29.3 Å². The van der Waals surface area contributed by atoms with Gasteiger partial charge in [-0.2, -0.15) is 0 Å². The minimum atomic E-state index is -0.865. The van der Waals surface area contributed by atoms with Crippen molar-refractivity contribution in [2.75, 3.05) is 0 Å². The van der Waals surface area contributed by atoms with E-state index in [9.17, 15) is 10.2 Å². The van der Waals surface area contributed by atoms with Crippen molar-refractivity contribution < 1.29 is 10.2 Å². The zero-order valence-corrected chi connectivity index (χ0v) is 9.76. The first-order valence-corrected chi connectivity index (χ1v) is 6.28. The van der Waals surface area contributed by atoms with E-state index in [4.69, 9.17) is 0 Å². The van der Waals surface area contributed by atoms with Crippen LogP contribution in [0.25, 0.3) is 0 Å². The summed E-state index contributed by atoms with van der Waals surface area (Å²) in [5.41, 5.74) is 0.755. The van der Waals surface area contributed by atoms with Crippen molar-refractivity contribution in [1.82, 2.24) is 0 Å². The fourth-order valence-electron chi connectivity index (χ4n) is 3.08. The molecule has 2 aliphatic rings. The molecule has 0 radical (unpaired) electrons. The quantitative estimate of drug-likeness (QED) is 0.780. The van der Waals surface area contributed by atoms with Crippen LogP contribution >= 0.6 is 0 Å². The Morgan fingerprint density at radius 1 is 1.24 bits per heavy atom. The number of hydrogen-bond acceptors (Lipinski definition) is 3. The predicted molar refractivity (Wildman–Crippen MR) is 66.2 cm³/mol. The van der Waals surface area contributed by atoms with Crippen molar-refractivity contribution >= 4 is 5.71 Å². The Hall–Kier alpha value is -1.35. The highest BCUT2D eigenvalue weighted by Gasteiger charge is 2.43. The van der Waals surface area contributed by atoms with Crippen LogP contribution in [0.3, 0.4) is 0 Å². The van der Waals surface area contributed by atoms with Gasteiger partial charge in [0.25, 0.3) is 0 Å². The van der Waals surface area contributed by atoms with Gasteiger partial charge in [0, 0.05) is 17.2 Å². The van der Waals surface area contributed by atoms with Crippen LogP contribution in [0.2, 0.25) is 0 Å². The molecule has 0 unspecified atom stereocenters. The van der Waals surface area contributed by atoms with Gasteiger partial charge < -0.3 is 10.2 Å². The molecular formula is C14H17NO2. The van der Waals surface area contributed by atoms with Gasteiger partial charge in [0.15, 0.2) is 5.72 Å². The first kappa shape index (κ1) is 10.8. The molecule has 3 heteroatoms. The lowest BCUT2D eigenvalue weighted by molar-refractivity contribution is 0.00387. The molecule has 2 N–H and O–H groups in total. The Balaban J connectivity index is 2.00. The molecule has 0 amide bonds. The first-order chi connectivity index (χ1) is 8.19. The highest BCUT2D eigenvalue weighted by molar-refractivity contribution is 6.03. The van der Waals surface area contributed by atoms with Crippen molar-refractivity contribution in [2.24, 2.45) is 10.9 Å². The molecule has 1 aromatic carbocycles. The number of fused-ring (bicyclic) bond motifs is 1. The van der Waals surface area contributed by atoms with Gasteiger partial charge in [0.1, 0.15) is 5.75 Å². The number of rotatable bonds is 1. The smallest absolute Gasteiger partial charge is 0.159 e. The fraction of sp³-hybridized carbons (Fsp3) is 0.500. The Labute approximate surface area is 101 Å². The van der Waals surface area contributed by atoms with E-state index >= 15 is 0 Å². The number of aromatic hydroxyl groups is 1. The van der Waals surface area contributed by atoms with E-state index in [-0.39, 0.29) is 5.75 Å². The lowest BCUT2D eigenvalue weighted by atomic mass is 9.88. The van der Waals surface area contributed by atoms with E-state index < -0.39 is 5.72 Å². The van der Waals surface area contributed by atoms with Crippen LogP contribution in [0, 0.1) is 5.92 Å². The highest BCUT2D eigenvalue weighted by atomic mass is 16.3. The summed E-state index contributed by atoms with van der Waals surface area (Å²) < 4.78 is 0. The minimum absolute atomic E-state index is 0.256. The molecule has 1 saturated carbocycles. The summed E-state index contributed by atoms with van der Waals surface area (Å²) in [4.78, 5) is 4.52. The second-order valence-corrected chi connectivity index (χ2v) is 5.08. The molecule has 3 nitrogen and oxygen atoms in total. The van der Waals surface area contributed by atoms with E-state index in [1.165, 1.54) is 0 Å². The van der Waals surface area contributed by atoms with E-state index in [1.807, 2.05) is 12.1 Å². The number of aliphatic hydroxyl groups is 1. The molecule has 0 saturated heterocycles. The SMILES string of the molecule is Oc1ccccc1C1=N[C@]2(O)CCC[C@H]2CC1. The summed E-state index contributed by atoms with van der Waals surface area (Å²) in [6.07, 6.45) is 4.72. The minimum Gasteiger partial charge on any atom is -0.507 e. The van der Waals surface area contributed by atoms with E-state index in [0.29, 0.717) is 5.92 Å². The van der Waals surface area contributed by atoms with Crippen molar-refractivity contribution in [3.8, 4) is 5.75 Å². The normalized spacial score (nSPS) is 32.1. The monoisotopic (exact) mass is 231 g/mol. The van der Waals surface area contributed by atoms with Crippen LogP contribution in [0.1, 0.15) is 37.7 Å². The van der Waals surface area contributed by atoms with Crippen LogP contribution in [-0.4, -0.2) is 21.6 Å². The predicted octanol–water partition coefficient (Wildman–Crippen LogP) is 2.46. The standard InChI is InChI=1S/C14H17NO2/c16-13-6-2-1-5-11(13)12-8-7-10-4-3-9-14(10,17)15-12/h1-2,5-6,10,16-17H,3-4,7-9H2/t10-,14-/m0/s1. The largest absolute Gasteiger partial charge is 0.507 e. The van der Waals surface area contributed by atoms with Gasteiger partial charge in [-0.1, -0.05) is 12.1 Å². The summed E-state index contributed by atoms with van der Waals surface area (Å²) in [7, 11) is 0. The van der Waals surface area contributed by atoms with Crippen molar-refractivity contribution in [1.29, 1.82) is 0 Å². The Bertz CT molecular complexity index is 469. The molecule has 1 fully saturated rings.